The summed E-state index contributed by atoms with van der Waals surface area (Å²) in [7, 11) is 0. The first kappa shape index (κ1) is 16.9. The summed E-state index contributed by atoms with van der Waals surface area (Å²) in [6.45, 7) is 12.4. The van der Waals surface area contributed by atoms with Crippen LogP contribution >= 0.6 is 0 Å². The molecule has 1 aromatic carbocycles. The Hall–Kier alpha value is -1.15. The third-order valence-electron chi connectivity index (χ3n) is 3.80. The van der Waals surface area contributed by atoms with E-state index in [0.29, 0.717) is 12.0 Å². The average Bonchev–Trinajstić information content (AvgIpc) is 3.11. The molecule has 0 spiro atoms. The van der Waals surface area contributed by atoms with Crippen molar-refractivity contribution in [2.75, 3.05) is 13.1 Å². The lowest BCUT2D eigenvalue weighted by atomic mass is 9.99. The largest absolute Gasteiger partial charge is 0.296 e. The minimum atomic E-state index is -0.0858. The van der Waals surface area contributed by atoms with Crippen LogP contribution in [0, 0.1) is 11.7 Å². The fourth-order valence-electron chi connectivity index (χ4n) is 3.06. The van der Waals surface area contributed by atoms with Gasteiger partial charge in [-0.2, -0.15) is 0 Å². The summed E-state index contributed by atoms with van der Waals surface area (Å²) in [5, 5.41) is 0. The highest BCUT2D eigenvalue weighted by atomic mass is 19.1. The molecule has 0 saturated carbocycles. The van der Waals surface area contributed by atoms with Crippen LogP contribution in [0.1, 0.15) is 46.6 Å². The Balaban J connectivity index is 0.000000461. The van der Waals surface area contributed by atoms with Crippen molar-refractivity contribution < 1.29 is 4.39 Å². The summed E-state index contributed by atoms with van der Waals surface area (Å²) in [5.41, 5.74) is 2.00. The second kappa shape index (κ2) is 8.21. The Kier molecular flexibility index (Phi) is 6.94. The van der Waals surface area contributed by atoms with Gasteiger partial charge in [-0.3, -0.25) is 4.90 Å². The number of hydrogen-bond acceptors (Lipinski definition) is 1. The average molecular weight is 277 g/mol. The highest BCUT2D eigenvalue weighted by molar-refractivity contribution is 5.73. The highest BCUT2D eigenvalue weighted by Crippen LogP contribution is 2.41. The van der Waals surface area contributed by atoms with E-state index in [9.17, 15) is 4.39 Å². The Morgan fingerprint density at radius 2 is 1.80 bits per heavy atom. The SMILES string of the molecule is CC.CC.CCN1CC2C=C(c3ccccc3F)C1C2. The molecule has 0 amide bonds. The maximum atomic E-state index is 13.7. The van der Waals surface area contributed by atoms with Crippen molar-refractivity contribution in [2.45, 2.75) is 47.1 Å². The second-order valence-electron chi connectivity index (χ2n) is 4.70. The van der Waals surface area contributed by atoms with Gasteiger partial charge in [0.05, 0.1) is 0 Å². The summed E-state index contributed by atoms with van der Waals surface area (Å²) in [5.74, 6) is 0.553. The van der Waals surface area contributed by atoms with E-state index in [0.717, 1.165) is 18.7 Å². The summed E-state index contributed by atoms with van der Waals surface area (Å²) in [4.78, 5) is 2.45. The molecule has 1 fully saturated rings. The normalized spacial score (nSPS) is 23.4. The van der Waals surface area contributed by atoms with Crippen LogP contribution in [-0.2, 0) is 0 Å². The molecule has 2 atom stereocenters. The Morgan fingerprint density at radius 3 is 2.35 bits per heavy atom. The van der Waals surface area contributed by atoms with Crippen LogP contribution in [0.5, 0.6) is 0 Å². The van der Waals surface area contributed by atoms with E-state index >= 15 is 0 Å². The lowest BCUT2D eigenvalue weighted by Gasteiger charge is -2.27. The molecule has 3 rings (SSSR count). The molecule has 0 aromatic heterocycles. The van der Waals surface area contributed by atoms with Crippen LogP contribution in [0.25, 0.3) is 5.57 Å². The molecule has 1 nitrogen and oxygen atoms in total. The molecule has 0 N–H and O–H groups in total. The monoisotopic (exact) mass is 277 g/mol. The molecule has 1 aliphatic carbocycles. The van der Waals surface area contributed by atoms with Crippen LogP contribution in [0.15, 0.2) is 30.3 Å². The maximum Gasteiger partial charge on any atom is 0.130 e. The molecule has 20 heavy (non-hydrogen) atoms. The second-order valence-corrected chi connectivity index (χ2v) is 4.70. The number of halogens is 1. The topological polar surface area (TPSA) is 3.24 Å². The smallest absolute Gasteiger partial charge is 0.130 e. The molecule has 1 aliphatic heterocycles. The minimum Gasteiger partial charge on any atom is -0.296 e. The van der Waals surface area contributed by atoms with Crippen molar-refractivity contribution in [3.05, 3.63) is 41.7 Å². The molecule has 2 bridgehead atoms. The number of rotatable bonds is 2. The fraction of sp³-hybridized carbons (Fsp3) is 0.556. The summed E-state index contributed by atoms with van der Waals surface area (Å²) >= 11 is 0. The quantitative estimate of drug-likeness (QED) is 0.736. The third-order valence-corrected chi connectivity index (χ3v) is 3.80. The van der Waals surface area contributed by atoms with Crippen molar-refractivity contribution in [3.8, 4) is 0 Å². The van der Waals surface area contributed by atoms with Gasteiger partial charge in [-0.25, -0.2) is 4.39 Å². The molecule has 2 heteroatoms. The van der Waals surface area contributed by atoms with Crippen LogP contribution in [0.2, 0.25) is 0 Å². The summed E-state index contributed by atoms with van der Waals surface area (Å²) < 4.78 is 13.7. The van der Waals surface area contributed by atoms with Gasteiger partial charge in [0.2, 0.25) is 0 Å². The van der Waals surface area contributed by atoms with Crippen molar-refractivity contribution in [1.29, 1.82) is 0 Å². The predicted octanol–water partition coefficient (Wildman–Crippen LogP) is 4.99. The van der Waals surface area contributed by atoms with Crippen molar-refractivity contribution in [1.82, 2.24) is 4.90 Å². The van der Waals surface area contributed by atoms with Gasteiger partial charge in [0.1, 0.15) is 5.82 Å². The summed E-state index contributed by atoms with van der Waals surface area (Å²) in [6.07, 6.45) is 3.45. The molecule has 2 aliphatic rings. The van der Waals surface area contributed by atoms with Gasteiger partial charge in [-0.1, -0.05) is 58.9 Å². The number of likely N-dealkylation sites (N-methyl/N-ethyl adjacent to an activating group) is 1. The van der Waals surface area contributed by atoms with E-state index in [1.54, 1.807) is 12.1 Å². The van der Waals surface area contributed by atoms with Gasteiger partial charge in [-0.15, -0.1) is 0 Å². The molecule has 112 valence electrons. The standard InChI is InChI=1S/C14H16FN.2C2H6/c1-2-16-9-10-7-12(14(16)8-10)11-5-3-4-6-13(11)15;2*1-2/h3-7,10,14H,2,8-9H2,1H3;2*1-2H3. The minimum absolute atomic E-state index is 0.0858. The number of likely N-dealkylation sites (tertiary alicyclic amines) is 1. The van der Waals surface area contributed by atoms with E-state index < -0.39 is 0 Å². The molecule has 1 saturated heterocycles. The number of benzene rings is 1. The maximum absolute atomic E-state index is 13.7. The zero-order valence-corrected chi connectivity index (χ0v) is 13.5. The van der Waals surface area contributed by atoms with Crippen molar-refractivity contribution in [3.63, 3.8) is 0 Å². The molecular formula is C18H28FN. The fourth-order valence-corrected chi connectivity index (χ4v) is 3.06. The van der Waals surface area contributed by atoms with Gasteiger partial charge < -0.3 is 0 Å². The van der Waals surface area contributed by atoms with Crippen LogP contribution < -0.4 is 0 Å². The molecular weight excluding hydrogens is 249 g/mol. The molecule has 0 radical (unpaired) electrons. The Labute approximate surface area is 123 Å². The van der Waals surface area contributed by atoms with Gasteiger partial charge >= 0.3 is 0 Å². The van der Waals surface area contributed by atoms with Crippen LogP contribution in [-0.4, -0.2) is 24.0 Å². The van der Waals surface area contributed by atoms with Crippen molar-refractivity contribution >= 4 is 5.57 Å². The third kappa shape index (κ3) is 3.29. The predicted molar refractivity (Wildman–Crippen MR) is 86.2 cm³/mol. The van der Waals surface area contributed by atoms with Gasteiger partial charge in [0.15, 0.2) is 0 Å². The van der Waals surface area contributed by atoms with Crippen molar-refractivity contribution in [2.24, 2.45) is 5.92 Å². The molecule has 1 heterocycles. The number of nitrogens with zero attached hydrogens (tertiary/aromatic N) is 1. The first-order valence-corrected chi connectivity index (χ1v) is 8.00. The number of hydrogen-bond donors (Lipinski definition) is 0. The summed E-state index contributed by atoms with van der Waals surface area (Å²) in [6, 6.07) is 7.58. The molecule has 2 unspecified atom stereocenters. The lowest BCUT2D eigenvalue weighted by Crippen LogP contribution is -2.32. The highest BCUT2D eigenvalue weighted by Gasteiger charge is 2.39. The van der Waals surface area contributed by atoms with E-state index in [4.69, 9.17) is 0 Å². The Morgan fingerprint density at radius 1 is 1.15 bits per heavy atom. The van der Waals surface area contributed by atoms with E-state index in [1.165, 1.54) is 12.0 Å². The van der Waals surface area contributed by atoms with Crippen LogP contribution in [0.3, 0.4) is 0 Å². The first-order chi connectivity index (χ1) is 9.79. The van der Waals surface area contributed by atoms with Crippen LogP contribution in [0.4, 0.5) is 4.39 Å². The molecule has 1 aromatic rings. The van der Waals surface area contributed by atoms with Gasteiger partial charge in [0.25, 0.3) is 0 Å². The zero-order valence-electron chi connectivity index (χ0n) is 13.5. The zero-order chi connectivity index (χ0) is 15.1. The van der Waals surface area contributed by atoms with Gasteiger partial charge in [0, 0.05) is 18.2 Å². The van der Waals surface area contributed by atoms with E-state index in [2.05, 4.69) is 17.9 Å². The lowest BCUT2D eigenvalue weighted by molar-refractivity contribution is 0.302. The van der Waals surface area contributed by atoms with E-state index in [-0.39, 0.29) is 5.82 Å². The number of fused-ring (bicyclic) bond motifs is 2. The van der Waals surface area contributed by atoms with Gasteiger partial charge in [-0.05, 0) is 30.5 Å². The van der Waals surface area contributed by atoms with E-state index in [1.807, 2.05) is 39.8 Å². The first-order valence-electron chi connectivity index (χ1n) is 8.00. The Bertz CT molecular complexity index is 439.